The molecule has 1 aliphatic rings. The lowest BCUT2D eigenvalue weighted by Crippen LogP contribution is -2.32. The smallest absolute Gasteiger partial charge is 0.255 e. The van der Waals surface area contributed by atoms with E-state index in [9.17, 15) is 9.59 Å². The number of nitrogens with zero attached hydrogens (tertiary/aromatic N) is 3. The van der Waals surface area contributed by atoms with Gasteiger partial charge in [-0.25, -0.2) is 0 Å². The Morgan fingerprint density at radius 1 is 0.973 bits per heavy atom. The lowest BCUT2D eigenvalue weighted by Gasteiger charge is -2.29. The minimum atomic E-state index is -0.199. The van der Waals surface area contributed by atoms with E-state index in [0.29, 0.717) is 30.1 Å². The average Bonchev–Trinajstić information content (AvgIpc) is 2.90. The summed E-state index contributed by atoms with van der Waals surface area (Å²) < 4.78 is 5.28. The Hall–Kier alpha value is -3.71. The van der Waals surface area contributed by atoms with Crippen molar-refractivity contribution in [1.82, 2.24) is 9.88 Å². The molecule has 7 nitrogen and oxygen atoms in total. The van der Waals surface area contributed by atoms with Crippen molar-refractivity contribution in [2.75, 3.05) is 30.4 Å². The van der Waals surface area contributed by atoms with Crippen LogP contribution in [0.5, 0.6) is 5.75 Å². The van der Waals surface area contributed by atoms with Gasteiger partial charge in [-0.3, -0.25) is 19.5 Å². The highest BCUT2D eigenvalue weighted by molar-refractivity contribution is 6.05. The van der Waals surface area contributed by atoms with Crippen molar-refractivity contribution in [2.24, 2.45) is 0 Å². The highest BCUT2D eigenvalue weighted by Crippen LogP contribution is 2.27. The maximum atomic E-state index is 13.2. The Balaban J connectivity index is 1.66. The zero-order valence-electron chi connectivity index (χ0n) is 21.8. The second-order valence-corrected chi connectivity index (χ2v) is 9.54. The molecule has 1 aliphatic heterocycles. The number of hydrogen-bond acceptors (Lipinski definition) is 5. The van der Waals surface area contributed by atoms with Crippen molar-refractivity contribution in [3.63, 3.8) is 0 Å². The molecular weight excluding hydrogens is 464 g/mol. The summed E-state index contributed by atoms with van der Waals surface area (Å²) in [4.78, 5) is 34.4. The number of carbonyl (C=O) groups is 2. The molecule has 7 heteroatoms. The van der Waals surface area contributed by atoms with Gasteiger partial charge in [0.2, 0.25) is 5.91 Å². The number of anilines is 2. The van der Waals surface area contributed by atoms with E-state index in [2.05, 4.69) is 21.3 Å². The minimum absolute atomic E-state index is 0.0192. The lowest BCUT2D eigenvalue weighted by atomic mass is 10.0. The molecule has 0 saturated carbocycles. The van der Waals surface area contributed by atoms with E-state index in [0.717, 1.165) is 49.2 Å². The third-order valence-corrected chi connectivity index (χ3v) is 6.72. The number of methoxy groups -OCH3 is 1. The van der Waals surface area contributed by atoms with Crippen molar-refractivity contribution in [3.05, 3.63) is 83.7 Å². The fourth-order valence-corrected chi connectivity index (χ4v) is 4.81. The molecule has 0 unspecified atom stereocenters. The number of carbonyl (C=O) groups excluding carboxylic acids is 2. The van der Waals surface area contributed by atoms with E-state index in [-0.39, 0.29) is 11.8 Å². The maximum Gasteiger partial charge on any atom is 0.255 e. The van der Waals surface area contributed by atoms with Gasteiger partial charge in [-0.1, -0.05) is 31.4 Å². The summed E-state index contributed by atoms with van der Waals surface area (Å²) in [6.45, 7) is 4.63. The van der Waals surface area contributed by atoms with Gasteiger partial charge in [0, 0.05) is 62.0 Å². The first kappa shape index (κ1) is 26.4. The van der Waals surface area contributed by atoms with Crippen LogP contribution in [0.3, 0.4) is 0 Å². The van der Waals surface area contributed by atoms with Crippen LogP contribution in [0.25, 0.3) is 0 Å². The Labute approximate surface area is 219 Å². The number of amides is 2. The molecular formula is C30H36N4O3. The fraction of sp³-hybridized carbons (Fsp3) is 0.367. The normalized spacial score (nSPS) is 15.1. The molecule has 2 amide bonds. The van der Waals surface area contributed by atoms with Gasteiger partial charge in [0.25, 0.3) is 5.91 Å². The van der Waals surface area contributed by atoms with Gasteiger partial charge in [-0.2, -0.15) is 0 Å². The number of rotatable bonds is 5. The van der Waals surface area contributed by atoms with E-state index in [1.165, 1.54) is 12.8 Å². The molecule has 4 rings (SSSR count). The second kappa shape index (κ2) is 13.0. The zero-order valence-corrected chi connectivity index (χ0v) is 21.8. The summed E-state index contributed by atoms with van der Waals surface area (Å²) in [5.41, 5.74) is 4.21. The van der Waals surface area contributed by atoms with Crippen LogP contribution >= 0.6 is 0 Å². The molecule has 0 bridgehead atoms. The van der Waals surface area contributed by atoms with Gasteiger partial charge in [-0.05, 0) is 66.9 Å². The third-order valence-electron chi connectivity index (χ3n) is 6.72. The van der Waals surface area contributed by atoms with Crippen molar-refractivity contribution in [1.29, 1.82) is 0 Å². The van der Waals surface area contributed by atoms with E-state index < -0.39 is 0 Å². The zero-order chi connectivity index (χ0) is 26.0. The van der Waals surface area contributed by atoms with E-state index in [4.69, 9.17) is 4.74 Å². The van der Waals surface area contributed by atoms with Gasteiger partial charge in [0.05, 0.1) is 7.11 Å². The number of nitrogens with one attached hydrogen (secondary N) is 1. The Bertz CT molecular complexity index is 1200. The van der Waals surface area contributed by atoms with Crippen molar-refractivity contribution >= 4 is 23.2 Å². The first-order valence-electron chi connectivity index (χ1n) is 13.0. The number of hydrogen-bond donors (Lipinski definition) is 1. The lowest BCUT2D eigenvalue weighted by molar-refractivity contribution is -0.116. The summed E-state index contributed by atoms with van der Waals surface area (Å²) in [6, 6.07) is 17.0. The molecule has 0 spiro atoms. The molecule has 0 atom stereocenters. The summed E-state index contributed by atoms with van der Waals surface area (Å²) in [5, 5.41) is 2.97. The number of benzene rings is 2. The molecule has 2 heterocycles. The molecule has 1 aromatic heterocycles. The Kier molecular flexibility index (Phi) is 9.27. The largest absolute Gasteiger partial charge is 0.497 e. The van der Waals surface area contributed by atoms with Crippen LogP contribution in [0, 0.1) is 0 Å². The van der Waals surface area contributed by atoms with E-state index in [1.807, 2.05) is 53.6 Å². The van der Waals surface area contributed by atoms with Crippen LogP contribution in [0.4, 0.5) is 11.4 Å². The van der Waals surface area contributed by atoms with Gasteiger partial charge in [0.1, 0.15) is 5.75 Å². The predicted molar refractivity (Wildman–Crippen MR) is 147 cm³/mol. The molecule has 0 aliphatic carbocycles. The van der Waals surface area contributed by atoms with Gasteiger partial charge in [0.15, 0.2) is 0 Å². The first-order chi connectivity index (χ1) is 18.0. The average molecular weight is 501 g/mol. The number of aromatic nitrogens is 1. The van der Waals surface area contributed by atoms with Gasteiger partial charge in [-0.15, -0.1) is 0 Å². The summed E-state index contributed by atoms with van der Waals surface area (Å²) in [6.07, 6.45) is 9.20. The highest BCUT2D eigenvalue weighted by Gasteiger charge is 2.20. The minimum Gasteiger partial charge on any atom is -0.497 e. The van der Waals surface area contributed by atoms with Crippen LogP contribution in [0.2, 0.25) is 0 Å². The quantitative estimate of drug-likeness (QED) is 0.489. The molecule has 194 valence electrons. The molecule has 1 N–H and O–H groups in total. The third kappa shape index (κ3) is 7.40. The van der Waals surface area contributed by atoms with E-state index >= 15 is 0 Å². The SMILES string of the molecule is COc1cccc(NC(=O)c2ccc3c(c2)CN(Cc2cccnc2)CCCCCCCN3C(C)=O)c1. The van der Waals surface area contributed by atoms with Crippen LogP contribution in [-0.2, 0) is 17.9 Å². The van der Waals surface area contributed by atoms with Crippen molar-refractivity contribution < 1.29 is 14.3 Å². The highest BCUT2D eigenvalue weighted by atomic mass is 16.5. The van der Waals surface area contributed by atoms with Crippen LogP contribution < -0.4 is 15.0 Å². The summed E-state index contributed by atoms with van der Waals surface area (Å²) >= 11 is 0. The van der Waals surface area contributed by atoms with Crippen LogP contribution in [0.1, 0.15) is 60.5 Å². The first-order valence-corrected chi connectivity index (χ1v) is 13.0. The van der Waals surface area contributed by atoms with Crippen LogP contribution in [0.15, 0.2) is 67.0 Å². The molecule has 37 heavy (non-hydrogen) atoms. The number of pyridine rings is 1. The molecule has 0 radical (unpaired) electrons. The monoisotopic (exact) mass is 500 g/mol. The summed E-state index contributed by atoms with van der Waals surface area (Å²) in [5.74, 6) is 0.500. The van der Waals surface area contributed by atoms with Crippen LogP contribution in [-0.4, -0.2) is 41.9 Å². The molecule has 3 aromatic rings. The van der Waals surface area contributed by atoms with Crippen molar-refractivity contribution in [3.8, 4) is 5.75 Å². The Morgan fingerprint density at radius 2 is 1.78 bits per heavy atom. The predicted octanol–water partition coefficient (Wildman–Crippen LogP) is 5.66. The Morgan fingerprint density at radius 3 is 2.54 bits per heavy atom. The summed E-state index contributed by atoms with van der Waals surface area (Å²) in [7, 11) is 1.60. The van der Waals surface area contributed by atoms with Gasteiger partial charge < -0.3 is 15.0 Å². The van der Waals surface area contributed by atoms with Gasteiger partial charge >= 0.3 is 0 Å². The number of ether oxygens (including phenoxy) is 1. The van der Waals surface area contributed by atoms with E-state index in [1.54, 1.807) is 26.3 Å². The standard InChI is InChI=1S/C30H36N4O3/c1-23(35)34-17-7-5-3-4-6-16-33(21-24-10-9-15-31-20-24)22-26-18-25(13-14-29(26)34)30(36)32-27-11-8-12-28(19-27)37-2/h8-15,18-20H,3-7,16-17,21-22H2,1-2H3,(H,32,36). The molecule has 2 aromatic carbocycles. The second-order valence-electron chi connectivity index (χ2n) is 9.54. The van der Waals surface area contributed by atoms with Crippen molar-refractivity contribution in [2.45, 2.75) is 52.1 Å². The topological polar surface area (TPSA) is 74.8 Å². The molecule has 0 saturated heterocycles. The number of fused-ring (bicyclic) bond motifs is 1. The maximum absolute atomic E-state index is 13.2. The fourth-order valence-electron chi connectivity index (χ4n) is 4.81. The molecule has 0 fully saturated rings.